The van der Waals surface area contributed by atoms with Gasteiger partial charge in [-0.05, 0) is 46.8 Å². The molecule has 8 nitrogen and oxygen atoms in total. The number of para-hydroxylation sites is 1. The van der Waals surface area contributed by atoms with Crippen LogP contribution in [0.1, 0.15) is 46.7 Å². The van der Waals surface area contributed by atoms with Gasteiger partial charge in [0.15, 0.2) is 5.82 Å². The number of hydrogen-bond acceptors (Lipinski definition) is 6. The molecule has 1 aliphatic rings. The van der Waals surface area contributed by atoms with Gasteiger partial charge in [-0.15, -0.1) is 0 Å². The minimum atomic E-state index is -0.920. The highest BCUT2D eigenvalue weighted by Gasteiger charge is 2.34. The smallest absolute Gasteiger partial charge is 0.410 e. The summed E-state index contributed by atoms with van der Waals surface area (Å²) in [6.45, 7) is 9.83. The Morgan fingerprint density at radius 1 is 1.23 bits per heavy atom. The van der Waals surface area contributed by atoms with Crippen molar-refractivity contribution >= 4 is 23.0 Å². The number of fused-ring (bicyclic) bond motifs is 1. The molecule has 0 radical (unpaired) electrons. The topological polar surface area (TPSA) is 93.9 Å². The minimum Gasteiger partial charge on any atom is -0.444 e. The van der Waals surface area contributed by atoms with Gasteiger partial charge in [0.1, 0.15) is 17.4 Å². The molecule has 1 fully saturated rings. The van der Waals surface area contributed by atoms with Crippen LogP contribution in [0.2, 0.25) is 0 Å². The number of carbonyl (C=O) groups is 2. The Bertz CT molecular complexity index is 934. The summed E-state index contributed by atoms with van der Waals surface area (Å²) in [7, 11) is 0. The first-order chi connectivity index (χ1) is 14.0. The van der Waals surface area contributed by atoms with E-state index in [2.05, 4.69) is 10.5 Å². The van der Waals surface area contributed by atoms with Gasteiger partial charge in [-0.3, -0.25) is 4.79 Å². The van der Waals surface area contributed by atoms with Gasteiger partial charge < -0.3 is 24.2 Å². The fourth-order valence-corrected chi connectivity index (χ4v) is 3.32. The van der Waals surface area contributed by atoms with Crippen LogP contribution >= 0.6 is 0 Å². The Morgan fingerprint density at radius 3 is 2.67 bits per heavy atom. The number of nitrogens with one attached hydrogen (secondary N) is 1. The Morgan fingerprint density at radius 2 is 1.97 bits per heavy atom. The molecule has 0 spiro atoms. The molecule has 2 amide bonds. The predicted octanol–water partition coefficient (Wildman–Crippen LogP) is 3.34. The lowest BCUT2D eigenvalue weighted by atomic mass is 9.96. The second-order valence-electron chi connectivity index (χ2n) is 8.88. The summed E-state index contributed by atoms with van der Waals surface area (Å²) in [5, 5.41) is 7.38. The summed E-state index contributed by atoms with van der Waals surface area (Å²) < 4.78 is 30.1. The summed E-state index contributed by atoms with van der Waals surface area (Å²) in [6.07, 6.45) is -0.829. The summed E-state index contributed by atoms with van der Waals surface area (Å²) in [5.41, 5.74) is -1.04. The van der Waals surface area contributed by atoms with Crippen molar-refractivity contribution in [1.82, 2.24) is 15.4 Å². The molecular weight excluding hydrogens is 393 g/mol. The molecule has 0 saturated carbocycles. The van der Waals surface area contributed by atoms with E-state index in [1.165, 1.54) is 11.0 Å². The van der Waals surface area contributed by atoms with Crippen LogP contribution in [-0.4, -0.2) is 53.5 Å². The molecule has 1 saturated heterocycles. The first-order valence-corrected chi connectivity index (χ1v) is 9.94. The highest BCUT2D eigenvalue weighted by atomic mass is 19.1. The lowest BCUT2D eigenvalue weighted by Gasteiger charge is -2.27. The third kappa shape index (κ3) is 4.89. The Balaban J connectivity index is 1.66. The van der Waals surface area contributed by atoms with Crippen LogP contribution in [0.3, 0.4) is 0 Å². The van der Waals surface area contributed by atoms with Crippen LogP contribution in [0.4, 0.5) is 9.18 Å². The molecule has 2 heterocycles. The molecule has 1 aromatic carbocycles. The molecule has 164 valence electrons. The highest BCUT2D eigenvalue weighted by molar-refractivity contribution is 5.84. The average Bonchev–Trinajstić information content (AvgIpc) is 2.92. The van der Waals surface area contributed by atoms with Crippen molar-refractivity contribution in [2.45, 2.75) is 58.3 Å². The summed E-state index contributed by atoms with van der Waals surface area (Å²) in [5.74, 6) is -0.846. The number of halogens is 1. The first-order valence-electron chi connectivity index (χ1n) is 9.94. The predicted molar refractivity (Wildman–Crippen MR) is 107 cm³/mol. The Labute approximate surface area is 174 Å². The van der Waals surface area contributed by atoms with E-state index in [4.69, 9.17) is 14.0 Å². The molecule has 3 rings (SSSR count). The Kier molecular flexibility index (Phi) is 6.03. The van der Waals surface area contributed by atoms with Gasteiger partial charge in [0, 0.05) is 19.5 Å². The highest BCUT2D eigenvalue weighted by Crippen LogP contribution is 2.29. The first kappa shape index (κ1) is 22.0. The molecule has 1 unspecified atom stereocenters. The maximum absolute atomic E-state index is 13.9. The summed E-state index contributed by atoms with van der Waals surface area (Å²) >= 11 is 0. The molecule has 1 aliphatic heterocycles. The summed E-state index contributed by atoms with van der Waals surface area (Å²) in [4.78, 5) is 26.7. The van der Waals surface area contributed by atoms with E-state index in [1.807, 2.05) is 0 Å². The van der Waals surface area contributed by atoms with Crippen molar-refractivity contribution in [2.75, 3.05) is 19.7 Å². The number of benzene rings is 1. The van der Waals surface area contributed by atoms with E-state index in [9.17, 15) is 14.0 Å². The maximum Gasteiger partial charge on any atom is 0.410 e. The zero-order valence-electron chi connectivity index (χ0n) is 18.0. The fraction of sp³-hybridized carbons (Fsp3) is 0.571. The number of amides is 2. The van der Waals surface area contributed by atoms with Crippen molar-refractivity contribution in [3.63, 3.8) is 0 Å². The molecular formula is C21H28FN3O5. The van der Waals surface area contributed by atoms with Crippen molar-refractivity contribution in [3.05, 3.63) is 29.7 Å². The number of hydrogen-bond donors (Lipinski definition) is 1. The van der Waals surface area contributed by atoms with Crippen LogP contribution in [0.25, 0.3) is 11.0 Å². The standard InChI is InChI=1S/C21H28FN3O5/c1-20(2,3)29-19(27)25-10-9-15(28-12-11-25)18(26)23-21(4,5)17-13-7-6-8-14(22)16(13)30-24-17/h6-8,15H,9-12H2,1-5H3,(H,23,26). The number of nitrogens with zero attached hydrogens (tertiary/aromatic N) is 2. The van der Waals surface area contributed by atoms with Crippen molar-refractivity contribution in [3.8, 4) is 0 Å². The van der Waals surface area contributed by atoms with Crippen LogP contribution < -0.4 is 5.32 Å². The normalized spacial score (nSPS) is 18.2. The van der Waals surface area contributed by atoms with E-state index in [-0.39, 0.29) is 18.1 Å². The zero-order chi connectivity index (χ0) is 22.1. The Hall–Kier alpha value is -2.68. The second-order valence-corrected chi connectivity index (χ2v) is 8.88. The van der Waals surface area contributed by atoms with Gasteiger partial charge in [-0.25, -0.2) is 9.18 Å². The number of carbonyl (C=O) groups excluding carboxylic acids is 2. The maximum atomic E-state index is 13.9. The van der Waals surface area contributed by atoms with Gasteiger partial charge in [0.25, 0.3) is 0 Å². The van der Waals surface area contributed by atoms with Crippen LogP contribution in [0.15, 0.2) is 22.7 Å². The molecule has 1 atom stereocenters. The fourth-order valence-electron chi connectivity index (χ4n) is 3.32. The van der Waals surface area contributed by atoms with Crippen molar-refractivity contribution < 1.29 is 28.0 Å². The van der Waals surface area contributed by atoms with E-state index in [0.717, 1.165) is 0 Å². The van der Waals surface area contributed by atoms with Gasteiger partial charge in [-0.2, -0.15) is 0 Å². The quantitative estimate of drug-likeness (QED) is 0.817. The molecule has 2 aromatic rings. The number of rotatable bonds is 3. The van der Waals surface area contributed by atoms with Crippen molar-refractivity contribution in [2.24, 2.45) is 0 Å². The minimum absolute atomic E-state index is 0.0496. The van der Waals surface area contributed by atoms with Gasteiger partial charge in [0.2, 0.25) is 11.5 Å². The van der Waals surface area contributed by atoms with E-state index in [0.29, 0.717) is 30.6 Å². The van der Waals surface area contributed by atoms with Gasteiger partial charge in [-0.1, -0.05) is 11.2 Å². The largest absolute Gasteiger partial charge is 0.444 e. The van der Waals surface area contributed by atoms with Crippen molar-refractivity contribution in [1.29, 1.82) is 0 Å². The van der Waals surface area contributed by atoms with E-state index >= 15 is 0 Å². The molecule has 1 aromatic heterocycles. The van der Waals surface area contributed by atoms with E-state index in [1.54, 1.807) is 46.8 Å². The van der Waals surface area contributed by atoms with Gasteiger partial charge >= 0.3 is 6.09 Å². The lowest BCUT2D eigenvalue weighted by Crippen LogP contribution is -2.47. The summed E-state index contributed by atoms with van der Waals surface area (Å²) in [6, 6.07) is 4.55. The lowest BCUT2D eigenvalue weighted by molar-refractivity contribution is -0.134. The SMILES string of the molecule is CC(C)(C)OC(=O)N1CCOC(C(=O)NC(C)(C)c2noc3c(F)cccc23)CC1. The van der Waals surface area contributed by atoms with Crippen LogP contribution in [-0.2, 0) is 19.8 Å². The third-order valence-electron chi connectivity index (χ3n) is 4.76. The van der Waals surface area contributed by atoms with E-state index < -0.39 is 29.2 Å². The monoisotopic (exact) mass is 421 g/mol. The number of aromatic nitrogens is 1. The molecule has 1 N–H and O–H groups in total. The molecule has 30 heavy (non-hydrogen) atoms. The van der Waals surface area contributed by atoms with Crippen LogP contribution in [0, 0.1) is 5.82 Å². The average molecular weight is 421 g/mol. The second kappa shape index (κ2) is 8.22. The molecule has 0 aliphatic carbocycles. The number of ether oxygens (including phenoxy) is 2. The zero-order valence-corrected chi connectivity index (χ0v) is 18.0. The van der Waals surface area contributed by atoms with Crippen LogP contribution in [0.5, 0.6) is 0 Å². The third-order valence-corrected chi connectivity index (χ3v) is 4.76. The molecule has 9 heteroatoms. The van der Waals surface area contributed by atoms with Gasteiger partial charge in [0.05, 0.1) is 17.5 Å². The molecule has 0 bridgehead atoms.